The quantitative estimate of drug-likeness (QED) is 0.341. The Morgan fingerprint density at radius 2 is 1.52 bits per heavy atom. The summed E-state index contributed by atoms with van der Waals surface area (Å²) in [4.78, 5) is 27.1. The molecule has 1 saturated heterocycles. The Morgan fingerprint density at radius 1 is 1.05 bits per heavy atom. The third-order valence-corrected chi connectivity index (χ3v) is 2.45. The highest BCUT2D eigenvalue weighted by molar-refractivity contribution is 5.67. The lowest BCUT2D eigenvalue weighted by molar-refractivity contribution is -0.237. The normalized spacial score (nSPS) is 31.3. The predicted octanol–water partition coefficient (Wildman–Crippen LogP) is 0.514. The van der Waals surface area contributed by atoms with Crippen molar-refractivity contribution in [2.75, 3.05) is 0 Å². The van der Waals surface area contributed by atoms with Crippen LogP contribution in [-0.2, 0) is 23.8 Å². The van der Waals surface area contributed by atoms with Gasteiger partial charge in [0.05, 0.1) is 0 Å². The van der Waals surface area contributed by atoms with Gasteiger partial charge in [0, 0.05) is 23.7 Å². The van der Waals surface area contributed by atoms with E-state index in [1.165, 1.54) is 0 Å². The number of carbonyl (C=O) groups excluding carboxylic acids is 2. The summed E-state index contributed by atoms with van der Waals surface area (Å²) in [5.41, 5.74) is 16.9. The van der Waals surface area contributed by atoms with Gasteiger partial charge >= 0.3 is 11.9 Å². The van der Waals surface area contributed by atoms with Gasteiger partial charge in [-0.25, -0.2) is 0 Å². The highest BCUT2D eigenvalue weighted by Crippen LogP contribution is 2.28. The number of ether oxygens (including phenoxy) is 3. The molecule has 0 spiro atoms. The Labute approximate surface area is 117 Å². The molecule has 0 aliphatic carbocycles. The molecule has 1 aliphatic rings. The maximum absolute atomic E-state index is 11.1. The van der Waals surface area contributed by atoms with Gasteiger partial charge in [0.2, 0.25) is 0 Å². The monoisotopic (exact) mass is 300 g/mol. The molecule has 12 heteroatoms. The van der Waals surface area contributed by atoms with Crippen molar-refractivity contribution in [2.45, 2.75) is 44.6 Å². The molecule has 12 nitrogen and oxygen atoms in total. The number of hydrogen-bond donors (Lipinski definition) is 1. The summed E-state index contributed by atoms with van der Waals surface area (Å²) >= 11 is 0. The summed E-state index contributed by atoms with van der Waals surface area (Å²) in [6.45, 7) is 2.14. The summed E-state index contributed by atoms with van der Waals surface area (Å²) in [5.74, 6) is -1.55. The number of carbonyl (C=O) groups is 2. The first-order valence-electron chi connectivity index (χ1n) is 5.67. The fourth-order valence-corrected chi connectivity index (χ4v) is 1.76. The molecule has 0 aromatic carbocycles. The van der Waals surface area contributed by atoms with E-state index in [1.54, 1.807) is 0 Å². The minimum atomic E-state index is -1.60. The lowest BCUT2D eigenvalue weighted by atomic mass is 10.0. The first-order valence-corrected chi connectivity index (χ1v) is 5.67. The molecule has 1 heterocycles. The number of hydrogen-bond acceptors (Lipinski definition) is 8. The highest BCUT2D eigenvalue weighted by atomic mass is 16.6. The zero-order valence-electron chi connectivity index (χ0n) is 11.1. The maximum Gasteiger partial charge on any atom is 0.303 e. The Morgan fingerprint density at radius 3 is 2.00 bits per heavy atom. The second-order valence-corrected chi connectivity index (χ2v) is 3.97. The second-order valence-electron chi connectivity index (χ2n) is 3.97. The van der Waals surface area contributed by atoms with E-state index in [4.69, 9.17) is 25.3 Å². The van der Waals surface area contributed by atoms with Crippen molar-refractivity contribution in [3.05, 3.63) is 20.9 Å². The molecule has 1 aliphatic heterocycles. The third-order valence-electron chi connectivity index (χ3n) is 2.45. The molecule has 0 radical (unpaired) electrons. The Kier molecular flexibility index (Phi) is 5.76. The van der Waals surface area contributed by atoms with Crippen LogP contribution in [-0.4, -0.2) is 47.8 Å². The van der Waals surface area contributed by atoms with E-state index in [9.17, 15) is 14.7 Å². The van der Waals surface area contributed by atoms with E-state index in [2.05, 4.69) is 20.1 Å². The van der Waals surface area contributed by atoms with Gasteiger partial charge < -0.3 is 19.3 Å². The molecular formula is C9H12N6O6. The van der Waals surface area contributed by atoms with Gasteiger partial charge in [0.15, 0.2) is 24.7 Å². The molecule has 1 fully saturated rings. The second kappa shape index (κ2) is 7.31. The number of aliphatic hydroxyl groups is 1. The summed E-state index contributed by atoms with van der Waals surface area (Å²) in [5, 5.41) is 16.4. The molecule has 5 atom stereocenters. The van der Waals surface area contributed by atoms with E-state index < -0.39 is 42.7 Å². The van der Waals surface area contributed by atoms with Gasteiger partial charge in [-0.15, -0.1) is 0 Å². The van der Waals surface area contributed by atoms with Gasteiger partial charge in [-0.2, -0.15) is 0 Å². The fraction of sp³-hybridized carbons (Fsp3) is 0.778. The summed E-state index contributed by atoms with van der Waals surface area (Å²) < 4.78 is 14.8. The van der Waals surface area contributed by atoms with Crippen molar-refractivity contribution in [1.29, 1.82) is 0 Å². The smallest absolute Gasteiger partial charge is 0.303 e. The van der Waals surface area contributed by atoms with Crippen LogP contribution in [0.4, 0.5) is 0 Å². The molecule has 1 rings (SSSR count). The van der Waals surface area contributed by atoms with Crippen LogP contribution in [0.1, 0.15) is 13.8 Å². The third kappa shape index (κ3) is 4.23. The zero-order valence-corrected chi connectivity index (χ0v) is 11.1. The van der Waals surface area contributed by atoms with Crippen LogP contribution in [0, 0.1) is 0 Å². The lowest BCUT2D eigenvalue weighted by Gasteiger charge is -2.40. The topological polar surface area (TPSA) is 180 Å². The first-order chi connectivity index (χ1) is 9.90. The average Bonchev–Trinajstić information content (AvgIpc) is 2.38. The van der Waals surface area contributed by atoms with Gasteiger partial charge in [0.25, 0.3) is 0 Å². The van der Waals surface area contributed by atoms with Crippen molar-refractivity contribution in [2.24, 2.45) is 10.2 Å². The molecule has 0 amide bonds. The minimum Gasteiger partial charge on any atom is -0.456 e. The van der Waals surface area contributed by atoms with Crippen molar-refractivity contribution >= 4 is 11.9 Å². The molecule has 0 saturated carbocycles. The van der Waals surface area contributed by atoms with E-state index in [0.717, 1.165) is 13.8 Å². The van der Waals surface area contributed by atoms with Gasteiger partial charge in [-0.3, -0.25) is 9.59 Å². The van der Waals surface area contributed by atoms with Gasteiger partial charge in [-0.05, 0) is 11.1 Å². The lowest BCUT2D eigenvalue weighted by Crippen LogP contribution is -2.58. The van der Waals surface area contributed by atoms with E-state index >= 15 is 0 Å². The number of rotatable bonds is 4. The minimum absolute atomic E-state index is 0.770. The Bertz CT molecular complexity index is 513. The molecule has 114 valence electrons. The Hall–Kier alpha value is -2.52. The number of azide groups is 2. The van der Waals surface area contributed by atoms with E-state index in [-0.39, 0.29) is 0 Å². The van der Waals surface area contributed by atoms with Crippen LogP contribution in [0.5, 0.6) is 0 Å². The first kappa shape index (κ1) is 16.5. The molecule has 0 aromatic heterocycles. The standard InChI is InChI=1S/C9H12N6O6/c1-3(16)19-6-5(18)8(12-14-10)21-9(13-15-11)7(6)20-4(2)17/h5-9,18H,1-2H3/t5-,6-,7+,8-,9+/m0/s1. The molecular weight excluding hydrogens is 288 g/mol. The number of esters is 2. The van der Waals surface area contributed by atoms with Crippen LogP contribution in [0.25, 0.3) is 20.9 Å². The maximum atomic E-state index is 11.1. The van der Waals surface area contributed by atoms with Gasteiger partial charge in [-0.1, -0.05) is 10.2 Å². The highest BCUT2D eigenvalue weighted by Gasteiger charge is 2.48. The van der Waals surface area contributed by atoms with Crippen molar-refractivity contribution in [3.8, 4) is 0 Å². The summed E-state index contributed by atoms with van der Waals surface area (Å²) in [6, 6.07) is 0. The zero-order chi connectivity index (χ0) is 16.0. The molecule has 0 aromatic rings. The van der Waals surface area contributed by atoms with Crippen LogP contribution in [0.3, 0.4) is 0 Å². The average molecular weight is 300 g/mol. The van der Waals surface area contributed by atoms with Crippen LogP contribution < -0.4 is 0 Å². The summed E-state index contributed by atoms with van der Waals surface area (Å²) in [7, 11) is 0. The predicted molar refractivity (Wildman–Crippen MR) is 64.1 cm³/mol. The molecule has 0 unspecified atom stereocenters. The number of nitrogens with zero attached hydrogens (tertiary/aromatic N) is 6. The van der Waals surface area contributed by atoms with Crippen molar-refractivity contribution in [3.63, 3.8) is 0 Å². The van der Waals surface area contributed by atoms with Crippen molar-refractivity contribution in [1.82, 2.24) is 0 Å². The van der Waals surface area contributed by atoms with Gasteiger partial charge in [0.1, 0.15) is 6.10 Å². The molecule has 1 N–H and O–H groups in total. The molecule has 0 bridgehead atoms. The largest absolute Gasteiger partial charge is 0.456 e. The Balaban J connectivity index is 3.17. The van der Waals surface area contributed by atoms with Crippen LogP contribution in [0.2, 0.25) is 0 Å². The van der Waals surface area contributed by atoms with Crippen molar-refractivity contribution < 1.29 is 28.9 Å². The van der Waals surface area contributed by atoms with Crippen LogP contribution in [0.15, 0.2) is 10.2 Å². The molecule has 21 heavy (non-hydrogen) atoms. The summed E-state index contributed by atoms with van der Waals surface area (Å²) in [6.07, 6.45) is -7.28. The van der Waals surface area contributed by atoms with E-state index in [1.807, 2.05) is 0 Å². The SMILES string of the molecule is CC(=O)O[C@@H]1[C@@H](OC(C)=O)[C@H](O)[C@@H](N=[N+]=[N-])O[C@H]1N=[N+]=[N-]. The fourth-order valence-electron chi connectivity index (χ4n) is 1.76. The number of aliphatic hydroxyl groups excluding tert-OH is 1. The van der Waals surface area contributed by atoms with E-state index in [0.29, 0.717) is 0 Å². The van der Waals surface area contributed by atoms with Crippen LogP contribution >= 0.6 is 0 Å².